The highest BCUT2D eigenvalue weighted by Gasteiger charge is 2.24. The van der Waals surface area contributed by atoms with E-state index in [1.54, 1.807) is 24.3 Å². The minimum atomic E-state index is -1.10. The van der Waals surface area contributed by atoms with Gasteiger partial charge < -0.3 is 19.7 Å². The van der Waals surface area contributed by atoms with E-state index in [-0.39, 0.29) is 17.6 Å². The van der Waals surface area contributed by atoms with Gasteiger partial charge in [0.25, 0.3) is 17.6 Å². The molecule has 0 radical (unpaired) electrons. The molecule has 0 saturated carbocycles. The number of benzene rings is 1. The molecule has 128 valence electrons. The van der Waals surface area contributed by atoms with Crippen LogP contribution in [-0.4, -0.2) is 40.3 Å². The average Bonchev–Trinajstić information content (AvgIpc) is 3.04. The number of carbonyl (C=O) groups excluding carboxylic acids is 1. The Hall–Kier alpha value is -2.90. The lowest BCUT2D eigenvalue weighted by Gasteiger charge is -2.15. The smallest absolute Gasteiger partial charge is 0.326 e. The summed E-state index contributed by atoms with van der Waals surface area (Å²) < 4.78 is 10.2. The third kappa shape index (κ3) is 4.31. The van der Waals surface area contributed by atoms with E-state index in [0.717, 1.165) is 0 Å². The fourth-order valence-electron chi connectivity index (χ4n) is 2.10. The van der Waals surface area contributed by atoms with E-state index in [4.69, 9.17) is 14.4 Å². The normalized spacial score (nSPS) is 12.0. The van der Waals surface area contributed by atoms with Crippen molar-refractivity contribution in [3.63, 3.8) is 0 Å². The lowest BCUT2D eigenvalue weighted by Crippen LogP contribution is -2.42. The van der Waals surface area contributed by atoms with Gasteiger partial charge in [-0.2, -0.15) is 4.98 Å². The van der Waals surface area contributed by atoms with Gasteiger partial charge in [-0.15, -0.1) is 0 Å². The Labute approximate surface area is 138 Å². The SMILES string of the molecule is COc1cccc(-c2nc(C(=O)N[C@H](CC(C)C)C(=O)O)no2)c1. The maximum Gasteiger partial charge on any atom is 0.326 e. The van der Waals surface area contributed by atoms with Gasteiger partial charge in [-0.05, 0) is 30.5 Å². The van der Waals surface area contributed by atoms with E-state index in [1.807, 2.05) is 13.8 Å². The van der Waals surface area contributed by atoms with Crippen molar-refractivity contribution in [1.29, 1.82) is 0 Å². The number of amides is 1. The molecule has 24 heavy (non-hydrogen) atoms. The molecule has 0 saturated heterocycles. The highest BCUT2D eigenvalue weighted by Crippen LogP contribution is 2.22. The van der Waals surface area contributed by atoms with E-state index in [2.05, 4.69) is 15.5 Å². The number of hydrogen-bond acceptors (Lipinski definition) is 6. The maximum atomic E-state index is 12.1. The predicted octanol–water partition coefficient (Wildman–Crippen LogP) is 1.97. The zero-order valence-electron chi connectivity index (χ0n) is 13.6. The predicted molar refractivity (Wildman–Crippen MR) is 84.6 cm³/mol. The minimum absolute atomic E-state index is 0.115. The van der Waals surface area contributed by atoms with Gasteiger partial charge in [-0.25, -0.2) is 4.79 Å². The van der Waals surface area contributed by atoms with Crippen LogP contribution in [0.4, 0.5) is 0 Å². The van der Waals surface area contributed by atoms with E-state index in [0.29, 0.717) is 17.7 Å². The molecule has 0 bridgehead atoms. The number of methoxy groups -OCH3 is 1. The summed E-state index contributed by atoms with van der Waals surface area (Å²) in [4.78, 5) is 27.3. The van der Waals surface area contributed by atoms with Gasteiger partial charge in [0.1, 0.15) is 11.8 Å². The highest BCUT2D eigenvalue weighted by atomic mass is 16.5. The van der Waals surface area contributed by atoms with Crippen LogP contribution in [-0.2, 0) is 4.79 Å². The molecular formula is C16H19N3O5. The summed E-state index contributed by atoms with van der Waals surface area (Å²) in [5.74, 6) is -1.14. The van der Waals surface area contributed by atoms with Gasteiger partial charge in [0.15, 0.2) is 0 Å². The second kappa shape index (κ2) is 7.58. The molecule has 1 heterocycles. The molecule has 1 amide bonds. The molecule has 2 rings (SSSR count). The molecule has 2 aromatic rings. The third-order valence-corrected chi connectivity index (χ3v) is 3.26. The van der Waals surface area contributed by atoms with Gasteiger partial charge in [-0.1, -0.05) is 25.1 Å². The number of aromatic nitrogens is 2. The monoisotopic (exact) mass is 333 g/mol. The van der Waals surface area contributed by atoms with E-state index >= 15 is 0 Å². The van der Waals surface area contributed by atoms with E-state index < -0.39 is 17.9 Å². The zero-order chi connectivity index (χ0) is 17.7. The number of nitrogens with zero attached hydrogens (tertiary/aromatic N) is 2. The summed E-state index contributed by atoms with van der Waals surface area (Å²) in [6.45, 7) is 3.74. The maximum absolute atomic E-state index is 12.1. The van der Waals surface area contributed by atoms with Crippen molar-refractivity contribution in [3.8, 4) is 17.2 Å². The molecule has 1 aromatic heterocycles. The summed E-state index contributed by atoms with van der Waals surface area (Å²) in [6, 6.07) is 5.93. The number of carboxylic acids is 1. The Morgan fingerprint density at radius 2 is 2.12 bits per heavy atom. The van der Waals surface area contributed by atoms with E-state index in [9.17, 15) is 9.59 Å². The molecule has 0 aliphatic rings. The number of rotatable bonds is 7. The van der Waals surface area contributed by atoms with Gasteiger partial charge in [-0.3, -0.25) is 4.79 Å². The summed E-state index contributed by atoms with van der Waals surface area (Å²) in [5.41, 5.74) is 0.595. The summed E-state index contributed by atoms with van der Waals surface area (Å²) >= 11 is 0. The number of aliphatic carboxylic acids is 1. The highest BCUT2D eigenvalue weighted by molar-refractivity contribution is 5.93. The van der Waals surface area contributed by atoms with Crippen LogP contribution < -0.4 is 10.1 Å². The average molecular weight is 333 g/mol. The van der Waals surface area contributed by atoms with Crippen LogP contribution in [0.2, 0.25) is 0 Å². The second-order valence-electron chi connectivity index (χ2n) is 5.65. The first-order chi connectivity index (χ1) is 11.4. The fraction of sp³-hybridized carbons (Fsp3) is 0.375. The molecule has 1 aromatic carbocycles. The van der Waals surface area contributed by atoms with Gasteiger partial charge in [0.2, 0.25) is 0 Å². The molecule has 0 fully saturated rings. The minimum Gasteiger partial charge on any atom is -0.497 e. The van der Waals surface area contributed by atoms with Gasteiger partial charge in [0.05, 0.1) is 7.11 Å². The topological polar surface area (TPSA) is 115 Å². The van der Waals surface area contributed by atoms with Crippen LogP contribution in [0.15, 0.2) is 28.8 Å². The fourth-order valence-corrected chi connectivity index (χ4v) is 2.10. The number of nitrogens with one attached hydrogen (secondary N) is 1. The first kappa shape index (κ1) is 17.5. The largest absolute Gasteiger partial charge is 0.497 e. The van der Waals surface area contributed by atoms with Gasteiger partial charge in [0, 0.05) is 5.56 Å². The summed E-state index contributed by atoms with van der Waals surface area (Å²) in [6.07, 6.45) is 0.307. The standard InChI is InChI=1S/C16H19N3O5/c1-9(2)7-12(16(21)22)17-14(20)13-18-15(24-19-13)10-5-4-6-11(8-10)23-3/h4-6,8-9,12H,7H2,1-3H3,(H,17,20)(H,21,22)/t12-/m1/s1. The number of hydrogen-bond donors (Lipinski definition) is 2. The molecule has 0 aliphatic heterocycles. The van der Waals surface area contributed by atoms with Crippen molar-refractivity contribution < 1.29 is 24.0 Å². The molecular weight excluding hydrogens is 314 g/mol. The molecule has 2 N–H and O–H groups in total. The van der Waals surface area contributed by atoms with Crippen LogP contribution in [0, 0.1) is 5.92 Å². The second-order valence-corrected chi connectivity index (χ2v) is 5.65. The van der Waals surface area contributed by atoms with Crippen LogP contribution in [0.25, 0.3) is 11.5 Å². The van der Waals surface area contributed by atoms with Crippen LogP contribution in [0.5, 0.6) is 5.75 Å². The molecule has 1 atom stereocenters. The molecule has 8 heteroatoms. The van der Waals surface area contributed by atoms with E-state index in [1.165, 1.54) is 7.11 Å². The molecule has 0 aliphatic carbocycles. The van der Waals surface area contributed by atoms with Crippen LogP contribution >= 0.6 is 0 Å². The van der Waals surface area contributed by atoms with Crippen LogP contribution in [0.1, 0.15) is 30.9 Å². The summed E-state index contributed by atoms with van der Waals surface area (Å²) in [7, 11) is 1.53. The number of carboxylic acid groups (broad SMARTS) is 1. The Morgan fingerprint density at radius 3 is 2.75 bits per heavy atom. The number of carbonyl (C=O) groups is 2. The Kier molecular flexibility index (Phi) is 5.51. The first-order valence-electron chi connectivity index (χ1n) is 7.42. The molecule has 0 spiro atoms. The van der Waals surface area contributed by atoms with Crippen molar-refractivity contribution in [1.82, 2.24) is 15.5 Å². The van der Waals surface area contributed by atoms with Crippen molar-refractivity contribution in [3.05, 3.63) is 30.1 Å². The van der Waals surface area contributed by atoms with Crippen molar-refractivity contribution in [2.24, 2.45) is 5.92 Å². The quantitative estimate of drug-likeness (QED) is 0.796. The van der Waals surface area contributed by atoms with Crippen molar-refractivity contribution >= 4 is 11.9 Å². The molecule has 8 nitrogen and oxygen atoms in total. The van der Waals surface area contributed by atoms with Crippen molar-refractivity contribution in [2.45, 2.75) is 26.3 Å². The van der Waals surface area contributed by atoms with Gasteiger partial charge >= 0.3 is 5.97 Å². The summed E-state index contributed by atoms with van der Waals surface area (Å²) in [5, 5.41) is 15.2. The van der Waals surface area contributed by atoms with Crippen LogP contribution in [0.3, 0.4) is 0 Å². The third-order valence-electron chi connectivity index (χ3n) is 3.26. The Bertz CT molecular complexity index is 726. The lowest BCUT2D eigenvalue weighted by atomic mass is 10.0. The zero-order valence-corrected chi connectivity index (χ0v) is 13.6. The Morgan fingerprint density at radius 1 is 1.38 bits per heavy atom. The van der Waals surface area contributed by atoms with Crippen molar-refractivity contribution in [2.75, 3.05) is 7.11 Å². The number of ether oxygens (including phenoxy) is 1. The Balaban J connectivity index is 2.14. The first-order valence-corrected chi connectivity index (χ1v) is 7.42. The lowest BCUT2D eigenvalue weighted by molar-refractivity contribution is -0.139. The molecule has 0 unspecified atom stereocenters.